The first-order chi connectivity index (χ1) is 10.5. The van der Waals surface area contributed by atoms with Crippen LogP contribution >= 0.6 is 22.7 Å². The van der Waals surface area contributed by atoms with Gasteiger partial charge in [-0.3, -0.25) is 20.2 Å². The first kappa shape index (κ1) is 14.6. The largest absolute Gasteiger partial charge is 0.324 e. The Morgan fingerprint density at radius 3 is 2.68 bits per heavy atom. The summed E-state index contributed by atoms with van der Waals surface area (Å²) in [5.41, 5.74) is 3.10. The number of carbonyl (C=O) groups excluding carboxylic acids is 1. The number of nitro groups is 1. The molecule has 0 aliphatic rings. The van der Waals surface area contributed by atoms with E-state index < -0.39 is 4.92 Å². The zero-order chi connectivity index (χ0) is 15.9. The molecule has 2 heterocycles. The number of fused-ring (bicyclic) bond motifs is 1. The van der Waals surface area contributed by atoms with Crippen molar-refractivity contribution in [3.05, 3.63) is 50.4 Å². The molecular formula is C14H11N3O3S2. The van der Waals surface area contributed by atoms with Crippen molar-refractivity contribution in [1.82, 2.24) is 4.98 Å². The normalized spacial score (nSPS) is 10.8. The molecule has 0 saturated heterocycles. The lowest BCUT2D eigenvalue weighted by Gasteiger charge is -1.98. The number of anilines is 1. The van der Waals surface area contributed by atoms with Crippen LogP contribution in [0.3, 0.4) is 0 Å². The Morgan fingerprint density at radius 1 is 1.23 bits per heavy atom. The lowest BCUT2D eigenvalue weighted by atomic mass is 10.1. The van der Waals surface area contributed by atoms with Gasteiger partial charge in [-0.1, -0.05) is 28.7 Å². The van der Waals surface area contributed by atoms with Crippen LogP contribution < -0.4 is 5.32 Å². The lowest BCUT2D eigenvalue weighted by Crippen LogP contribution is -2.09. The number of thiophene rings is 1. The highest BCUT2D eigenvalue weighted by molar-refractivity contribution is 7.22. The standard InChI is InChI=1S/C14H11N3O3S2/c1-7-3-4-9-12(8(7)2)15-14(22-9)16-13(18)10-5-6-11(21-10)17(19)20/h3-6H,1-2H3,(H,15,16,18). The van der Waals surface area contributed by atoms with Crippen LogP contribution in [0.2, 0.25) is 0 Å². The van der Waals surface area contributed by atoms with Gasteiger partial charge in [0, 0.05) is 6.07 Å². The van der Waals surface area contributed by atoms with Crippen LogP contribution in [0.25, 0.3) is 10.2 Å². The molecule has 0 aliphatic carbocycles. The van der Waals surface area contributed by atoms with E-state index in [0.29, 0.717) is 10.0 Å². The van der Waals surface area contributed by atoms with Crippen molar-refractivity contribution in [2.75, 3.05) is 5.32 Å². The molecule has 22 heavy (non-hydrogen) atoms. The third-order valence-corrected chi connectivity index (χ3v) is 5.27. The van der Waals surface area contributed by atoms with Gasteiger partial charge in [0.05, 0.1) is 20.0 Å². The first-order valence-electron chi connectivity index (χ1n) is 6.38. The third-order valence-electron chi connectivity index (χ3n) is 3.30. The van der Waals surface area contributed by atoms with Crippen molar-refractivity contribution < 1.29 is 9.72 Å². The van der Waals surface area contributed by atoms with E-state index in [4.69, 9.17) is 0 Å². The smallest absolute Gasteiger partial charge is 0.297 e. The molecule has 2 aromatic heterocycles. The maximum absolute atomic E-state index is 12.1. The number of hydrogen-bond donors (Lipinski definition) is 1. The van der Waals surface area contributed by atoms with Gasteiger partial charge in [-0.2, -0.15) is 0 Å². The molecule has 6 nitrogen and oxygen atoms in total. The molecule has 1 amide bonds. The van der Waals surface area contributed by atoms with Gasteiger partial charge in [0.15, 0.2) is 5.13 Å². The van der Waals surface area contributed by atoms with E-state index in [9.17, 15) is 14.9 Å². The van der Waals surface area contributed by atoms with Gasteiger partial charge >= 0.3 is 5.00 Å². The van der Waals surface area contributed by atoms with E-state index >= 15 is 0 Å². The van der Waals surface area contributed by atoms with E-state index in [1.165, 1.54) is 23.5 Å². The second kappa shape index (κ2) is 5.47. The van der Waals surface area contributed by atoms with Crippen LogP contribution in [0.15, 0.2) is 24.3 Å². The van der Waals surface area contributed by atoms with Crippen LogP contribution in [0.1, 0.15) is 20.8 Å². The van der Waals surface area contributed by atoms with Crippen LogP contribution in [0.5, 0.6) is 0 Å². The Bertz CT molecular complexity index is 898. The highest BCUT2D eigenvalue weighted by Gasteiger charge is 2.17. The van der Waals surface area contributed by atoms with Crippen LogP contribution in [0, 0.1) is 24.0 Å². The van der Waals surface area contributed by atoms with E-state index in [1.54, 1.807) is 0 Å². The molecule has 1 N–H and O–H groups in total. The van der Waals surface area contributed by atoms with Crippen LogP contribution in [-0.4, -0.2) is 15.8 Å². The number of nitrogens with zero attached hydrogens (tertiary/aromatic N) is 2. The number of carbonyl (C=O) groups is 1. The molecule has 3 rings (SSSR count). The molecule has 0 atom stereocenters. The van der Waals surface area contributed by atoms with Crippen molar-refractivity contribution in [3.8, 4) is 0 Å². The molecule has 0 radical (unpaired) electrons. The Kier molecular flexibility index (Phi) is 3.63. The summed E-state index contributed by atoms with van der Waals surface area (Å²) >= 11 is 2.23. The fourth-order valence-corrected chi connectivity index (χ4v) is 3.62. The Hall–Kier alpha value is -2.32. The van der Waals surface area contributed by atoms with Gasteiger partial charge in [0.1, 0.15) is 0 Å². The van der Waals surface area contributed by atoms with E-state index in [2.05, 4.69) is 10.3 Å². The van der Waals surface area contributed by atoms with Crippen LogP contribution in [0.4, 0.5) is 10.1 Å². The third kappa shape index (κ3) is 2.58. The van der Waals surface area contributed by atoms with Gasteiger partial charge in [-0.05, 0) is 37.1 Å². The predicted molar refractivity (Wildman–Crippen MR) is 88.0 cm³/mol. The van der Waals surface area contributed by atoms with Gasteiger partial charge < -0.3 is 0 Å². The predicted octanol–water partition coefficient (Wildman–Crippen LogP) is 4.14. The number of hydrogen-bond acceptors (Lipinski definition) is 6. The summed E-state index contributed by atoms with van der Waals surface area (Å²) in [4.78, 5) is 27.0. The first-order valence-corrected chi connectivity index (χ1v) is 8.01. The fourth-order valence-electron chi connectivity index (χ4n) is 1.99. The summed E-state index contributed by atoms with van der Waals surface area (Å²) in [5, 5.41) is 13.8. The van der Waals surface area contributed by atoms with Gasteiger partial charge in [0.2, 0.25) is 0 Å². The Morgan fingerprint density at radius 2 is 2.00 bits per heavy atom. The highest BCUT2D eigenvalue weighted by atomic mass is 32.1. The number of thiazole rings is 1. The summed E-state index contributed by atoms with van der Waals surface area (Å²) in [7, 11) is 0. The van der Waals surface area contributed by atoms with Gasteiger partial charge in [-0.15, -0.1) is 0 Å². The lowest BCUT2D eigenvalue weighted by molar-refractivity contribution is -0.380. The van der Waals surface area contributed by atoms with Crippen molar-refractivity contribution in [2.45, 2.75) is 13.8 Å². The second-order valence-corrected chi connectivity index (χ2v) is 6.82. The zero-order valence-electron chi connectivity index (χ0n) is 11.7. The molecular weight excluding hydrogens is 322 g/mol. The monoisotopic (exact) mass is 333 g/mol. The summed E-state index contributed by atoms with van der Waals surface area (Å²) in [5.74, 6) is -0.383. The second-order valence-electron chi connectivity index (χ2n) is 4.72. The number of aromatic nitrogens is 1. The molecule has 8 heteroatoms. The number of benzene rings is 1. The summed E-state index contributed by atoms with van der Waals surface area (Å²) in [6.07, 6.45) is 0. The quantitative estimate of drug-likeness (QED) is 0.577. The molecule has 3 aromatic rings. The average molecular weight is 333 g/mol. The zero-order valence-corrected chi connectivity index (χ0v) is 13.4. The minimum absolute atomic E-state index is 0.0547. The topological polar surface area (TPSA) is 85.1 Å². The average Bonchev–Trinajstić information content (AvgIpc) is 3.09. The molecule has 0 unspecified atom stereocenters. The molecule has 112 valence electrons. The molecule has 0 fully saturated rings. The maximum atomic E-state index is 12.1. The van der Waals surface area contributed by atoms with E-state index in [1.807, 2.05) is 26.0 Å². The number of rotatable bonds is 3. The summed E-state index contributed by atoms with van der Waals surface area (Å²) in [6.45, 7) is 4.00. The Balaban J connectivity index is 1.87. The minimum Gasteiger partial charge on any atom is -0.297 e. The van der Waals surface area contributed by atoms with Crippen molar-refractivity contribution in [3.63, 3.8) is 0 Å². The van der Waals surface area contributed by atoms with Crippen LogP contribution in [-0.2, 0) is 0 Å². The minimum atomic E-state index is -0.509. The van der Waals surface area contributed by atoms with E-state index in [-0.39, 0.29) is 10.9 Å². The van der Waals surface area contributed by atoms with Gasteiger partial charge in [0.25, 0.3) is 5.91 Å². The molecule has 1 aromatic carbocycles. The number of amides is 1. The summed E-state index contributed by atoms with van der Waals surface area (Å²) < 4.78 is 0.996. The fraction of sp³-hybridized carbons (Fsp3) is 0.143. The maximum Gasteiger partial charge on any atom is 0.324 e. The van der Waals surface area contributed by atoms with Gasteiger partial charge in [-0.25, -0.2) is 4.98 Å². The number of nitrogens with one attached hydrogen (secondary N) is 1. The van der Waals surface area contributed by atoms with Crippen molar-refractivity contribution >= 4 is 48.9 Å². The highest BCUT2D eigenvalue weighted by Crippen LogP contribution is 2.30. The van der Waals surface area contributed by atoms with Crippen molar-refractivity contribution in [2.24, 2.45) is 0 Å². The number of aryl methyl sites for hydroxylation is 2. The molecule has 0 saturated carbocycles. The Labute approximate surface area is 133 Å². The molecule has 0 bridgehead atoms. The van der Waals surface area contributed by atoms with Crippen molar-refractivity contribution in [1.29, 1.82) is 0 Å². The van der Waals surface area contributed by atoms with E-state index in [0.717, 1.165) is 32.7 Å². The summed E-state index contributed by atoms with van der Waals surface area (Å²) in [6, 6.07) is 6.76. The molecule has 0 spiro atoms. The SMILES string of the molecule is Cc1ccc2sc(NC(=O)c3ccc([N+](=O)[O-])s3)nc2c1C. The molecule has 0 aliphatic heterocycles.